The highest BCUT2D eigenvalue weighted by atomic mass is 32.2. The molecule has 2 amide bonds. The molecule has 0 saturated carbocycles. The van der Waals surface area contributed by atoms with Crippen LogP contribution in [0.5, 0.6) is 0 Å². The summed E-state index contributed by atoms with van der Waals surface area (Å²) in [7, 11) is 0. The number of nitrogens with one attached hydrogen (secondary N) is 1. The first kappa shape index (κ1) is 18.7. The number of thiophene rings is 1. The zero-order valence-corrected chi connectivity index (χ0v) is 16.5. The van der Waals surface area contributed by atoms with E-state index in [1.54, 1.807) is 12.3 Å². The molecule has 28 heavy (non-hydrogen) atoms. The van der Waals surface area contributed by atoms with Crippen molar-refractivity contribution in [3.8, 4) is 0 Å². The summed E-state index contributed by atoms with van der Waals surface area (Å²) in [4.78, 5) is 41.5. The number of aliphatic carboxylic acids is 1. The summed E-state index contributed by atoms with van der Waals surface area (Å²) in [5, 5.41) is 13.8. The van der Waals surface area contributed by atoms with Gasteiger partial charge >= 0.3 is 5.97 Å². The van der Waals surface area contributed by atoms with Gasteiger partial charge in [-0.3, -0.25) is 14.5 Å². The van der Waals surface area contributed by atoms with Gasteiger partial charge in [-0.1, -0.05) is 6.07 Å². The Morgan fingerprint density at radius 3 is 2.96 bits per heavy atom. The van der Waals surface area contributed by atoms with Gasteiger partial charge in [-0.25, -0.2) is 4.79 Å². The van der Waals surface area contributed by atoms with Crippen LogP contribution in [0.15, 0.2) is 47.6 Å². The van der Waals surface area contributed by atoms with Crippen molar-refractivity contribution in [3.05, 3.63) is 58.6 Å². The van der Waals surface area contributed by atoms with Gasteiger partial charge in [-0.05, 0) is 17.5 Å². The number of carboxylic acid groups (broad SMARTS) is 1. The number of hydrogen-bond acceptors (Lipinski definition) is 6. The van der Waals surface area contributed by atoms with Gasteiger partial charge in [-0.15, -0.1) is 23.1 Å². The first-order valence-electron chi connectivity index (χ1n) is 8.72. The lowest BCUT2D eigenvalue weighted by Crippen LogP contribution is -2.82. The maximum Gasteiger partial charge on any atom is 0.352 e. The minimum atomic E-state index is -1.17. The highest BCUT2D eigenvalue weighted by Gasteiger charge is 2.65. The second-order valence-electron chi connectivity index (χ2n) is 6.66. The zero-order valence-electron chi connectivity index (χ0n) is 14.8. The molecule has 3 aliphatic heterocycles. The van der Waals surface area contributed by atoms with E-state index in [2.05, 4.69) is 11.4 Å². The third-order valence-corrected chi connectivity index (χ3v) is 6.97. The smallest absolute Gasteiger partial charge is 0.352 e. The zero-order chi connectivity index (χ0) is 19.7. The summed E-state index contributed by atoms with van der Waals surface area (Å²) < 4.78 is 0. The standard InChI is InChI=1S/C19H17N3O4S2/c23-15(11-13-5-4-9-27-13)20-19(12-21-7-2-1-3-8-21)17(26)22-14(16(24)25)6-10-28-18(19)22/h1-2,4-6,8-9,18H,7,10-12H2,(H-,20,23,24,25)/p+1/t18-,19?/m0/s1. The molecule has 3 aliphatic rings. The molecule has 1 saturated heterocycles. The van der Waals surface area contributed by atoms with Crippen molar-refractivity contribution in [1.82, 2.24) is 15.1 Å². The fraction of sp³-hybridized carbons (Fsp3) is 0.316. The molecule has 0 spiro atoms. The number of carboxylic acids is 1. The fourth-order valence-corrected chi connectivity index (χ4v) is 5.61. The Bertz CT molecular complexity index is 893. The van der Waals surface area contributed by atoms with E-state index in [-0.39, 0.29) is 30.5 Å². The van der Waals surface area contributed by atoms with E-state index < -0.39 is 16.9 Å². The minimum Gasteiger partial charge on any atom is -0.477 e. The maximum absolute atomic E-state index is 13.2. The van der Waals surface area contributed by atoms with Gasteiger partial charge in [0.15, 0.2) is 11.6 Å². The molecule has 4 heterocycles. The number of carbonyl (C=O) groups excluding carboxylic acids is 2. The average molecular weight is 417 g/mol. The van der Waals surface area contributed by atoms with Gasteiger partial charge in [0.2, 0.25) is 5.91 Å². The number of β-lactam (4-membered cyclic amide) rings is 1. The number of hydrogen-bond donors (Lipinski definition) is 2. The summed E-state index contributed by atoms with van der Waals surface area (Å²) in [6, 6.07) is 3.75. The molecule has 0 radical (unpaired) electrons. The Labute approximate surface area is 170 Å². The molecule has 144 valence electrons. The highest BCUT2D eigenvalue weighted by Crippen LogP contribution is 2.45. The second kappa shape index (κ2) is 7.43. The van der Waals surface area contributed by atoms with Gasteiger partial charge in [0, 0.05) is 10.6 Å². The summed E-state index contributed by atoms with van der Waals surface area (Å²) in [6.07, 6.45) is 10.2. The van der Waals surface area contributed by atoms with E-state index in [0.717, 1.165) is 4.88 Å². The molecule has 1 fully saturated rings. The molecule has 1 aromatic rings. The van der Waals surface area contributed by atoms with E-state index >= 15 is 0 Å². The molecule has 0 aliphatic carbocycles. The van der Waals surface area contributed by atoms with Crippen LogP contribution in [0.3, 0.4) is 0 Å². The van der Waals surface area contributed by atoms with Gasteiger partial charge in [0.1, 0.15) is 29.9 Å². The van der Waals surface area contributed by atoms with Crippen molar-refractivity contribution < 1.29 is 19.5 Å². The monoisotopic (exact) mass is 416 g/mol. The van der Waals surface area contributed by atoms with E-state index in [0.29, 0.717) is 12.3 Å². The summed E-state index contributed by atoms with van der Waals surface area (Å²) in [5.41, 5.74) is -1.19. The summed E-state index contributed by atoms with van der Waals surface area (Å²) in [5.74, 6) is -1.30. The predicted molar refractivity (Wildman–Crippen MR) is 106 cm³/mol. The largest absolute Gasteiger partial charge is 0.477 e. The lowest BCUT2D eigenvalue weighted by atomic mass is 9.85. The lowest BCUT2D eigenvalue weighted by molar-refractivity contribution is -0.160. The molecule has 7 nitrogen and oxygen atoms in total. The van der Waals surface area contributed by atoms with Crippen LogP contribution >= 0.6 is 23.1 Å². The molecule has 1 aromatic heterocycles. The van der Waals surface area contributed by atoms with Gasteiger partial charge in [0.05, 0.1) is 19.0 Å². The van der Waals surface area contributed by atoms with Gasteiger partial charge < -0.3 is 15.3 Å². The number of thioether (sulfide) groups is 1. The number of carbonyl (C=O) groups is 3. The Morgan fingerprint density at radius 1 is 1.43 bits per heavy atom. The number of fused-ring (bicyclic) bond motifs is 1. The fourth-order valence-electron chi connectivity index (χ4n) is 3.59. The Balaban J connectivity index is 1.59. The molecule has 4 rings (SSSR count). The number of nitrogens with zero attached hydrogens (tertiary/aromatic N) is 2. The number of amides is 2. The number of rotatable bonds is 6. The third kappa shape index (κ3) is 3.22. The number of allylic oxidation sites excluding steroid dienone is 2. The van der Waals surface area contributed by atoms with Crippen LogP contribution in [0.25, 0.3) is 0 Å². The lowest BCUT2D eigenvalue weighted by Gasteiger charge is -2.57. The average Bonchev–Trinajstić information content (AvgIpc) is 3.20. The highest BCUT2D eigenvalue weighted by molar-refractivity contribution is 8.00. The van der Waals surface area contributed by atoms with Crippen molar-refractivity contribution in [2.75, 3.05) is 18.8 Å². The SMILES string of the molecule is O=C(Cc1cccs1)NC1(CN2C=[C+]C=CC2)C(=O)N2C(C(=O)O)=CCS[C@H]21. The van der Waals surface area contributed by atoms with Gasteiger partial charge in [0.25, 0.3) is 5.91 Å². The summed E-state index contributed by atoms with van der Waals surface area (Å²) >= 11 is 2.94. The molecule has 2 N–H and O–H groups in total. The molecule has 1 unspecified atom stereocenters. The first-order valence-corrected chi connectivity index (χ1v) is 10.6. The van der Waals surface area contributed by atoms with E-state index in [1.807, 2.05) is 28.5 Å². The Hall–Kier alpha value is -2.61. The van der Waals surface area contributed by atoms with E-state index in [9.17, 15) is 19.5 Å². The van der Waals surface area contributed by atoms with Crippen LogP contribution in [-0.4, -0.2) is 62.4 Å². The van der Waals surface area contributed by atoms with Crippen LogP contribution in [0.1, 0.15) is 4.88 Å². The van der Waals surface area contributed by atoms with Crippen molar-refractivity contribution in [2.45, 2.75) is 17.3 Å². The van der Waals surface area contributed by atoms with Crippen LogP contribution in [-0.2, 0) is 20.8 Å². The van der Waals surface area contributed by atoms with Crippen LogP contribution < -0.4 is 5.32 Å². The second-order valence-corrected chi connectivity index (χ2v) is 8.80. The van der Waals surface area contributed by atoms with E-state index in [4.69, 9.17) is 0 Å². The van der Waals surface area contributed by atoms with Crippen LogP contribution in [0.2, 0.25) is 0 Å². The van der Waals surface area contributed by atoms with Crippen LogP contribution in [0, 0.1) is 6.08 Å². The maximum atomic E-state index is 13.2. The Morgan fingerprint density at radius 2 is 2.29 bits per heavy atom. The predicted octanol–water partition coefficient (Wildman–Crippen LogP) is 1.22. The van der Waals surface area contributed by atoms with Crippen molar-refractivity contribution in [3.63, 3.8) is 0 Å². The quantitative estimate of drug-likeness (QED) is 0.535. The molecule has 0 bridgehead atoms. The van der Waals surface area contributed by atoms with Crippen molar-refractivity contribution in [2.24, 2.45) is 0 Å². The third-order valence-electron chi connectivity index (χ3n) is 4.81. The molecular weight excluding hydrogens is 398 g/mol. The van der Waals surface area contributed by atoms with Gasteiger partial charge in [-0.2, -0.15) is 0 Å². The summed E-state index contributed by atoms with van der Waals surface area (Å²) in [6.45, 7) is 0.863. The van der Waals surface area contributed by atoms with E-state index in [1.165, 1.54) is 34.1 Å². The van der Waals surface area contributed by atoms with Crippen molar-refractivity contribution in [1.29, 1.82) is 0 Å². The topological polar surface area (TPSA) is 90.0 Å². The molecule has 2 atom stereocenters. The Kier molecular flexibility index (Phi) is 4.97. The van der Waals surface area contributed by atoms with Crippen LogP contribution in [0.4, 0.5) is 0 Å². The van der Waals surface area contributed by atoms with Crippen molar-refractivity contribution >= 4 is 40.9 Å². The normalized spacial score (nSPS) is 25.5. The molecule has 9 heteroatoms. The first-order chi connectivity index (χ1) is 13.5. The minimum absolute atomic E-state index is 0.0162. The molecular formula is C19H18N3O4S2+. The molecule has 0 aromatic carbocycles.